The second-order valence-corrected chi connectivity index (χ2v) is 11.8. The van der Waals surface area contributed by atoms with Gasteiger partial charge in [-0.05, 0) is 37.1 Å². The average molecular weight is 605 g/mol. The fourth-order valence-corrected chi connectivity index (χ4v) is 5.53. The first kappa shape index (κ1) is 31.1. The molecule has 0 aliphatic heterocycles. The van der Waals surface area contributed by atoms with Crippen molar-refractivity contribution >= 4 is 50.9 Å². The molecule has 0 fully saturated rings. The molecule has 0 radical (unpaired) electrons. The Hall–Kier alpha value is -4.84. The summed E-state index contributed by atoms with van der Waals surface area (Å²) in [7, 11) is -3.76. The minimum absolute atomic E-state index is 0.000846. The number of benzene rings is 3. The molecule has 4 amide bonds. The van der Waals surface area contributed by atoms with Crippen LogP contribution in [-0.2, 0) is 14.6 Å². The summed E-state index contributed by atoms with van der Waals surface area (Å²) in [4.78, 5) is 50.4. The van der Waals surface area contributed by atoms with E-state index in [9.17, 15) is 22.8 Å². The number of fused-ring (bicyclic) bond motifs is 1. The van der Waals surface area contributed by atoms with Gasteiger partial charge in [0.15, 0.2) is 15.4 Å². The number of hydrogen-bond donors (Lipinski definition) is 0. The quantitative estimate of drug-likeness (QED) is 0.211. The van der Waals surface area contributed by atoms with Gasteiger partial charge in [0.25, 0.3) is 5.89 Å². The van der Waals surface area contributed by atoms with Gasteiger partial charge in [0, 0.05) is 31.1 Å². The Kier molecular flexibility index (Phi) is 10.0. The Morgan fingerprint density at radius 3 is 2.33 bits per heavy atom. The van der Waals surface area contributed by atoms with Crippen LogP contribution in [0.4, 0.5) is 15.3 Å². The molecular formula is C31H32N4O7S. The number of imide groups is 1. The number of carbonyl (C=O) groups is 3. The summed E-state index contributed by atoms with van der Waals surface area (Å²) < 4.78 is 36.8. The second-order valence-electron chi connectivity index (χ2n) is 9.58. The van der Waals surface area contributed by atoms with E-state index < -0.39 is 33.1 Å². The number of aromatic nitrogens is 1. The lowest BCUT2D eigenvalue weighted by Crippen LogP contribution is -2.49. The van der Waals surface area contributed by atoms with Crippen LogP contribution in [0.15, 0.2) is 88.3 Å². The van der Waals surface area contributed by atoms with Crippen LogP contribution >= 0.6 is 0 Å². The molecule has 0 saturated heterocycles. The van der Waals surface area contributed by atoms with Gasteiger partial charge in [0.2, 0.25) is 0 Å². The molecule has 0 aliphatic rings. The zero-order chi connectivity index (χ0) is 31.0. The zero-order valence-electron chi connectivity index (χ0n) is 24.0. The smallest absolute Gasteiger partial charge is 0.433 e. The minimum atomic E-state index is -3.76. The molecule has 11 nitrogen and oxygen atoms in total. The molecular weight excluding hydrogens is 572 g/mol. The molecule has 0 spiro atoms. The van der Waals surface area contributed by atoms with Crippen molar-refractivity contribution in [3.8, 4) is 0 Å². The van der Waals surface area contributed by atoms with E-state index in [-0.39, 0.29) is 31.3 Å². The van der Waals surface area contributed by atoms with Crippen molar-refractivity contribution in [1.82, 2.24) is 9.88 Å². The van der Waals surface area contributed by atoms with Crippen LogP contribution in [0.1, 0.15) is 47.3 Å². The van der Waals surface area contributed by atoms with E-state index >= 15 is 0 Å². The van der Waals surface area contributed by atoms with Crippen molar-refractivity contribution in [2.24, 2.45) is 4.99 Å². The van der Waals surface area contributed by atoms with Crippen LogP contribution in [0.2, 0.25) is 0 Å². The molecule has 43 heavy (non-hydrogen) atoms. The number of carbonyl (C=O) groups excluding carboxylic acids is 3. The topological polar surface area (TPSA) is 139 Å². The highest BCUT2D eigenvalue weighted by Gasteiger charge is 2.35. The fraction of sp³-hybridized carbons (Fsp3) is 0.258. The van der Waals surface area contributed by atoms with E-state index in [0.29, 0.717) is 28.6 Å². The van der Waals surface area contributed by atoms with Crippen molar-refractivity contribution < 1.29 is 32.0 Å². The third-order valence-electron chi connectivity index (χ3n) is 6.47. The fourth-order valence-electron chi connectivity index (χ4n) is 4.46. The van der Waals surface area contributed by atoms with Gasteiger partial charge < -0.3 is 9.15 Å². The van der Waals surface area contributed by atoms with E-state index in [1.54, 1.807) is 92.7 Å². The molecule has 1 atom stereocenters. The molecule has 0 bridgehead atoms. The largest absolute Gasteiger partial charge is 0.448 e. The van der Waals surface area contributed by atoms with Crippen molar-refractivity contribution in [3.05, 3.63) is 95.9 Å². The summed E-state index contributed by atoms with van der Waals surface area (Å²) in [5.74, 6) is -1.05. The van der Waals surface area contributed by atoms with Gasteiger partial charge in [-0.1, -0.05) is 67.6 Å². The number of nitrogens with zero attached hydrogens (tertiary/aromatic N) is 4. The third-order valence-corrected chi connectivity index (χ3v) is 7.93. The first-order valence-corrected chi connectivity index (χ1v) is 15.6. The number of amides is 4. The first-order valence-electron chi connectivity index (χ1n) is 13.7. The Bertz CT molecular complexity index is 1700. The molecule has 0 saturated carbocycles. The van der Waals surface area contributed by atoms with Crippen molar-refractivity contribution in [2.75, 3.05) is 30.9 Å². The summed E-state index contributed by atoms with van der Waals surface area (Å²) in [5, 5.41) is -1.14. The highest BCUT2D eigenvalue weighted by molar-refractivity contribution is 7.91. The number of oxazole rings is 1. The Morgan fingerprint density at radius 2 is 1.65 bits per heavy atom. The number of hydrogen-bond acceptors (Lipinski definition) is 8. The van der Waals surface area contributed by atoms with Gasteiger partial charge in [-0.3, -0.25) is 14.6 Å². The number of ether oxygens (including phenoxy) is 1. The van der Waals surface area contributed by atoms with Crippen LogP contribution in [-0.4, -0.2) is 68.5 Å². The van der Waals surface area contributed by atoms with Gasteiger partial charge in [-0.15, -0.1) is 0 Å². The van der Waals surface area contributed by atoms with Gasteiger partial charge >= 0.3 is 18.0 Å². The van der Waals surface area contributed by atoms with Gasteiger partial charge in [0.1, 0.15) is 10.8 Å². The molecule has 4 rings (SSSR count). The minimum Gasteiger partial charge on any atom is -0.448 e. The molecule has 12 heteroatoms. The van der Waals surface area contributed by atoms with Gasteiger partial charge in [0.05, 0.1) is 12.3 Å². The second kappa shape index (κ2) is 13.9. The van der Waals surface area contributed by atoms with Crippen LogP contribution in [0, 0.1) is 0 Å². The Balaban J connectivity index is 1.83. The number of sulfone groups is 1. The molecule has 0 aliphatic carbocycles. The summed E-state index contributed by atoms with van der Waals surface area (Å²) in [5.41, 5.74) is 1.86. The number of aliphatic imine (C=N–C) groups is 1. The highest BCUT2D eigenvalue weighted by Crippen LogP contribution is 2.29. The number of anilines is 1. The molecule has 224 valence electrons. The number of para-hydroxylation sites is 3. The van der Waals surface area contributed by atoms with Crippen molar-refractivity contribution in [3.63, 3.8) is 0 Å². The summed E-state index contributed by atoms with van der Waals surface area (Å²) in [6, 6.07) is 21.1. The Morgan fingerprint density at radius 1 is 0.977 bits per heavy atom. The lowest BCUT2D eigenvalue weighted by molar-refractivity contribution is 0.0770. The number of urea groups is 1. The van der Waals surface area contributed by atoms with Crippen molar-refractivity contribution in [2.45, 2.75) is 25.5 Å². The third kappa shape index (κ3) is 7.52. The van der Waals surface area contributed by atoms with Crippen LogP contribution in [0.5, 0.6) is 0 Å². The van der Waals surface area contributed by atoms with Crippen LogP contribution in [0.25, 0.3) is 11.1 Å². The maximum Gasteiger partial charge on any atom is 0.433 e. The molecule has 0 unspecified atom stereocenters. The maximum absolute atomic E-state index is 14.4. The predicted octanol–water partition coefficient (Wildman–Crippen LogP) is 5.67. The van der Waals surface area contributed by atoms with Crippen LogP contribution in [0.3, 0.4) is 0 Å². The first-order chi connectivity index (χ1) is 20.6. The maximum atomic E-state index is 14.4. The van der Waals surface area contributed by atoms with Gasteiger partial charge in [-0.25, -0.2) is 23.0 Å². The van der Waals surface area contributed by atoms with Gasteiger partial charge in [-0.2, -0.15) is 4.99 Å². The van der Waals surface area contributed by atoms with Crippen LogP contribution < -0.4 is 4.90 Å². The number of rotatable bonds is 10. The standard InChI is InChI=1S/C31H32N4O7S/c1-4-19-34(29(36)28-33-24-16-10-12-18-26(24)42-28)31(38)35(21-27(43(3,39)40)22-13-7-6-8-14-22)25-17-11-9-15-23(25)20-32-30(37)41-5-2/h6-18,20,27H,4-5,19,21H2,1-3H3/t27-/m1/s1. The summed E-state index contributed by atoms with van der Waals surface area (Å²) in [6.07, 6.45) is 1.91. The Labute approximate surface area is 249 Å². The normalized spacial score (nSPS) is 12.3. The summed E-state index contributed by atoms with van der Waals surface area (Å²) >= 11 is 0. The molecule has 0 N–H and O–H groups in total. The van der Waals surface area contributed by atoms with E-state index in [4.69, 9.17) is 9.15 Å². The molecule has 4 aromatic rings. The van der Waals surface area contributed by atoms with E-state index in [1.807, 2.05) is 0 Å². The highest BCUT2D eigenvalue weighted by atomic mass is 32.2. The lowest BCUT2D eigenvalue weighted by Gasteiger charge is -2.32. The molecule has 3 aromatic carbocycles. The monoisotopic (exact) mass is 604 g/mol. The van der Waals surface area contributed by atoms with E-state index in [0.717, 1.165) is 11.2 Å². The SMILES string of the molecule is CCCN(C(=O)c1nc2ccccc2o1)C(=O)N(C[C@H](c1ccccc1)S(C)(=O)=O)c1ccccc1C=NC(=O)OCC. The molecule has 1 heterocycles. The van der Waals surface area contributed by atoms with Crippen molar-refractivity contribution in [1.29, 1.82) is 0 Å². The average Bonchev–Trinajstić information content (AvgIpc) is 3.43. The molecule has 1 aromatic heterocycles. The van der Waals surface area contributed by atoms with E-state index in [2.05, 4.69) is 9.98 Å². The lowest BCUT2D eigenvalue weighted by atomic mass is 10.1. The van der Waals surface area contributed by atoms with E-state index in [1.165, 1.54) is 11.1 Å². The predicted molar refractivity (Wildman–Crippen MR) is 163 cm³/mol. The zero-order valence-corrected chi connectivity index (χ0v) is 24.9. The summed E-state index contributed by atoms with van der Waals surface area (Å²) in [6.45, 7) is 3.23.